The molecule has 2 nitrogen and oxygen atoms in total. The first-order valence-corrected chi connectivity index (χ1v) is 15.0. The van der Waals surface area contributed by atoms with Gasteiger partial charge in [-0.05, 0) is 88.5 Å². The Morgan fingerprint density at radius 1 is 0.488 bits per heavy atom. The first-order valence-electron chi connectivity index (χ1n) is 15.0. The smallest absolute Gasteiger partial charge is 0.0540 e. The van der Waals surface area contributed by atoms with E-state index in [0.29, 0.717) is 0 Å². The van der Waals surface area contributed by atoms with E-state index in [1.807, 2.05) is 0 Å². The molecular formula is C41H32N2. The van der Waals surface area contributed by atoms with Gasteiger partial charge < -0.3 is 9.47 Å². The second-order valence-corrected chi connectivity index (χ2v) is 11.9. The van der Waals surface area contributed by atoms with Crippen LogP contribution in [0.5, 0.6) is 0 Å². The molecule has 1 aliphatic carbocycles. The van der Waals surface area contributed by atoms with Crippen LogP contribution in [0.3, 0.4) is 0 Å². The molecule has 2 heteroatoms. The van der Waals surface area contributed by atoms with Crippen LogP contribution < -0.4 is 4.90 Å². The van der Waals surface area contributed by atoms with Gasteiger partial charge in [0.05, 0.1) is 11.2 Å². The summed E-state index contributed by atoms with van der Waals surface area (Å²) in [5, 5.41) is 1.25. The van der Waals surface area contributed by atoms with E-state index in [2.05, 4.69) is 181 Å². The van der Waals surface area contributed by atoms with E-state index in [9.17, 15) is 0 Å². The summed E-state index contributed by atoms with van der Waals surface area (Å²) in [6.07, 6.45) is 0. The van der Waals surface area contributed by atoms with Gasteiger partial charge >= 0.3 is 0 Å². The van der Waals surface area contributed by atoms with E-state index in [-0.39, 0.29) is 5.41 Å². The Bertz CT molecular complexity index is 2050. The molecule has 1 aliphatic rings. The van der Waals surface area contributed by atoms with Gasteiger partial charge in [-0.25, -0.2) is 0 Å². The number of hydrogen-bond acceptors (Lipinski definition) is 1. The SMILES string of the molecule is CC1(C)c2cc(N(c3ccccc3)c3ccccc3)ccc2-c2ccc(-n3c(-c4ccccc4)cc4ccccc43)cc21. The van der Waals surface area contributed by atoms with E-state index in [1.54, 1.807) is 0 Å². The van der Waals surface area contributed by atoms with Crippen LogP contribution in [-0.4, -0.2) is 4.57 Å². The normalized spacial score (nSPS) is 13.1. The van der Waals surface area contributed by atoms with E-state index >= 15 is 0 Å². The molecule has 43 heavy (non-hydrogen) atoms. The molecule has 0 spiro atoms. The number of fused-ring (bicyclic) bond motifs is 4. The predicted molar refractivity (Wildman–Crippen MR) is 181 cm³/mol. The van der Waals surface area contributed by atoms with Gasteiger partial charge in [0.15, 0.2) is 0 Å². The predicted octanol–water partition coefficient (Wildman–Crippen LogP) is 11.1. The maximum absolute atomic E-state index is 2.42. The summed E-state index contributed by atoms with van der Waals surface area (Å²) in [4.78, 5) is 2.35. The molecule has 0 aliphatic heterocycles. The van der Waals surface area contributed by atoms with Crippen LogP contribution in [0.25, 0.3) is 39.0 Å². The summed E-state index contributed by atoms with van der Waals surface area (Å²) in [5.41, 5.74) is 13.5. The van der Waals surface area contributed by atoms with Crippen molar-refractivity contribution in [2.24, 2.45) is 0 Å². The fourth-order valence-corrected chi connectivity index (χ4v) is 6.85. The van der Waals surface area contributed by atoms with Crippen LogP contribution in [0.15, 0.2) is 158 Å². The van der Waals surface area contributed by atoms with E-state index < -0.39 is 0 Å². The Balaban J connectivity index is 1.27. The van der Waals surface area contributed by atoms with Crippen LogP contribution in [-0.2, 0) is 5.41 Å². The minimum atomic E-state index is -0.161. The lowest BCUT2D eigenvalue weighted by atomic mass is 9.82. The van der Waals surface area contributed by atoms with Crippen molar-refractivity contribution < 1.29 is 0 Å². The summed E-state index contributed by atoms with van der Waals surface area (Å²) < 4.78 is 2.42. The van der Waals surface area contributed by atoms with Gasteiger partial charge in [0, 0.05) is 33.6 Å². The Morgan fingerprint density at radius 3 is 1.72 bits per heavy atom. The van der Waals surface area contributed by atoms with Crippen molar-refractivity contribution in [3.8, 4) is 28.1 Å². The highest BCUT2D eigenvalue weighted by Gasteiger charge is 2.36. The van der Waals surface area contributed by atoms with Gasteiger partial charge in [0.25, 0.3) is 0 Å². The maximum atomic E-state index is 2.42. The van der Waals surface area contributed by atoms with Gasteiger partial charge in [0.1, 0.15) is 0 Å². The summed E-state index contributed by atoms with van der Waals surface area (Å²) in [6.45, 7) is 4.74. The van der Waals surface area contributed by atoms with E-state index in [0.717, 1.165) is 11.4 Å². The average molecular weight is 553 g/mol. The van der Waals surface area contributed by atoms with Crippen LogP contribution in [0.2, 0.25) is 0 Å². The molecule has 7 aromatic rings. The molecular weight excluding hydrogens is 520 g/mol. The molecule has 8 rings (SSSR count). The summed E-state index contributed by atoms with van der Waals surface area (Å²) in [7, 11) is 0. The zero-order valence-corrected chi connectivity index (χ0v) is 24.4. The average Bonchev–Trinajstić information content (AvgIpc) is 3.55. The molecule has 0 amide bonds. The summed E-state index contributed by atoms with van der Waals surface area (Å²) in [5.74, 6) is 0. The van der Waals surface area contributed by atoms with Crippen LogP contribution in [0, 0.1) is 0 Å². The molecule has 0 unspecified atom stereocenters. The third-order valence-corrected chi connectivity index (χ3v) is 8.97. The zero-order valence-electron chi connectivity index (χ0n) is 24.4. The Hall–Kier alpha value is -5.34. The number of anilines is 3. The fourth-order valence-electron chi connectivity index (χ4n) is 6.85. The van der Waals surface area contributed by atoms with Gasteiger partial charge in [-0.15, -0.1) is 0 Å². The molecule has 206 valence electrons. The molecule has 0 saturated heterocycles. The summed E-state index contributed by atoms with van der Waals surface area (Å²) in [6, 6.07) is 57.0. The Labute approximate surface area is 253 Å². The lowest BCUT2D eigenvalue weighted by Gasteiger charge is -2.28. The molecule has 0 radical (unpaired) electrons. The molecule has 1 heterocycles. The number of benzene rings is 6. The number of hydrogen-bond donors (Lipinski definition) is 0. The van der Waals surface area contributed by atoms with Crippen molar-refractivity contribution in [3.63, 3.8) is 0 Å². The molecule has 0 saturated carbocycles. The van der Waals surface area contributed by atoms with Gasteiger partial charge in [-0.3, -0.25) is 0 Å². The van der Waals surface area contributed by atoms with Crippen LogP contribution >= 0.6 is 0 Å². The third kappa shape index (κ3) is 4.10. The van der Waals surface area contributed by atoms with E-state index in [4.69, 9.17) is 0 Å². The Kier molecular flexibility index (Phi) is 5.84. The minimum Gasteiger partial charge on any atom is -0.310 e. The van der Waals surface area contributed by atoms with Gasteiger partial charge in [0.2, 0.25) is 0 Å². The molecule has 0 fully saturated rings. The number of aromatic nitrogens is 1. The van der Waals surface area contributed by atoms with Gasteiger partial charge in [-0.1, -0.05) is 111 Å². The van der Waals surface area contributed by atoms with Crippen molar-refractivity contribution in [1.29, 1.82) is 0 Å². The first-order chi connectivity index (χ1) is 21.1. The van der Waals surface area contributed by atoms with Gasteiger partial charge in [-0.2, -0.15) is 0 Å². The van der Waals surface area contributed by atoms with Crippen LogP contribution in [0.4, 0.5) is 17.1 Å². The molecule has 6 aromatic carbocycles. The Morgan fingerprint density at radius 2 is 1.05 bits per heavy atom. The second kappa shape index (κ2) is 9.89. The highest BCUT2D eigenvalue weighted by molar-refractivity contribution is 5.91. The maximum Gasteiger partial charge on any atom is 0.0540 e. The van der Waals surface area contributed by atoms with Crippen molar-refractivity contribution in [2.45, 2.75) is 19.3 Å². The molecule has 0 atom stereocenters. The highest BCUT2D eigenvalue weighted by Crippen LogP contribution is 2.51. The summed E-state index contributed by atoms with van der Waals surface area (Å²) >= 11 is 0. The molecule has 0 N–H and O–H groups in total. The monoisotopic (exact) mass is 552 g/mol. The zero-order chi connectivity index (χ0) is 29.0. The lowest BCUT2D eigenvalue weighted by molar-refractivity contribution is 0.660. The first kappa shape index (κ1) is 25.4. The molecule has 0 bridgehead atoms. The molecule has 1 aromatic heterocycles. The van der Waals surface area contributed by atoms with Crippen molar-refractivity contribution in [3.05, 3.63) is 169 Å². The third-order valence-electron chi connectivity index (χ3n) is 8.97. The minimum absolute atomic E-state index is 0.161. The topological polar surface area (TPSA) is 8.17 Å². The lowest BCUT2D eigenvalue weighted by Crippen LogP contribution is -2.17. The standard InChI is InChI=1S/C41H32N2/c1-41(2)37-27-33(42(31-17-8-4-9-18-31)32-19-10-5-11-20-32)22-24-35(37)36-25-23-34(28-38(36)41)43-39-21-13-12-16-30(39)26-40(43)29-14-6-3-7-15-29/h3-28H,1-2H3. The highest BCUT2D eigenvalue weighted by atomic mass is 15.1. The number of rotatable bonds is 5. The quantitative estimate of drug-likeness (QED) is 0.206. The fraction of sp³-hybridized carbons (Fsp3) is 0.0732. The second-order valence-electron chi connectivity index (χ2n) is 11.9. The van der Waals surface area contributed by atoms with Crippen molar-refractivity contribution >= 4 is 28.0 Å². The van der Waals surface area contributed by atoms with E-state index in [1.165, 1.54) is 55.8 Å². The number of nitrogens with zero attached hydrogens (tertiary/aromatic N) is 2. The van der Waals surface area contributed by atoms with Crippen molar-refractivity contribution in [2.75, 3.05) is 4.90 Å². The largest absolute Gasteiger partial charge is 0.310 e. The van der Waals surface area contributed by atoms with Crippen LogP contribution in [0.1, 0.15) is 25.0 Å². The van der Waals surface area contributed by atoms with Crippen molar-refractivity contribution in [1.82, 2.24) is 4.57 Å². The number of para-hydroxylation sites is 3.